The van der Waals surface area contributed by atoms with Gasteiger partial charge in [-0.05, 0) is 54.8 Å². The molecule has 1 atom stereocenters. The van der Waals surface area contributed by atoms with Gasteiger partial charge >= 0.3 is 0 Å². The predicted octanol–water partition coefficient (Wildman–Crippen LogP) is 3.36. The van der Waals surface area contributed by atoms with Gasteiger partial charge in [-0.25, -0.2) is 0 Å². The molecule has 1 saturated heterocycles. The van der Waals surface area contributed by atoms with Gasteiger partial charge < -0.3 is 19.5 Å². The summed E-state index contributed by atoms with van der Waals surface area (Å²) in [4.78, 5) is 42.5. The first-order valence-corrected chi connectivity index (χ1v) is 10.7. The number of hydrogen-bond acceptors (Lipinski definition) is 4. The highest BCUT2D eigenvalue weighted by molar-refractivity contribution is 6.11. The fourth-order valence-corrected chi connectivity index (χ4v) is 4.45. The van der Waals surface area contributed by atoms with Gasteiger partial charge in [-0.2, -0.15) is 0 Å². The van der Waals surface area contributed by atoms with Crippen molar-refractivity contribution in [3.05, 3.63) is 89.4 Å². The van der Waals surface area contributed by atoms with E-state index in [1.807, 2.05) is 24.3 Å². The second kappa shape index (κ2) is 8.34. The first kappa shape index (κ1) is 20.1. The number of hydrogen-bond donors (Lipinski definition) is 1. The van der Waals surface area contributed by atoms with E-state index in [-0.39, 0.29) is 24.3 Å². The van der Waals surface area contributed by atoms with Crippen molar-refractivity contribution in [1.29, 1.82) is 0 Å². The summed E-state index contributed by atoms with van der Waals surface area (Å²) in [7, 11) is 0. The van der Waals surface area contributed by atoms with E-state index >= 15 is 0 Å². The van der Waals surface area contributed by atoms with Crippen LogP contribution in [0.5, 0.6) is 0 Å². The average Bonchev–Trinajstić information content (AvgIpc) is 3.51. The number of benzene rings is 2. The number of fused-ring (bicyclic) bond motifs is 2. The van der Waals surface area contributed by atoms with Crippen LogP contribution in [0.1, 0.15) is 44.9 Å². The molecule has 2 aliphatic heterocycles. The van der Waals surface area contributed by atoms with Gasteiger partial charge in [0, 0.05) is 12.1 Å². The van der Waals surface area contributed by atoms with Crippen LogP contribution in [-0.4, -0.2) is 35.2 Å². The molecule has 0 saturated carbocycles. The van der Waals surface area contributed by atoms with Gasteiger partial charge in [0.2, 0.25) is 5.91 Å². The van der Waals surface area contributed by atoms with Gasteiger partial charge in [0.1, 0.15) is 11.8 Å². The molecule has 162 valence electrons. The van der Waals surface area contributed by atoms with Crippen LogP contribution in [0.3, 0.4) is 0 Å². The van der Waals surface area contributed by atoms with Crippen molar-refractivity contribution < 1.29 is 18.8 Å². The third kappa shape index (κ3) is 3.66. The van der Waals surface area contributed by atoms with Gasteiger partial charge in [-0.3, -0.25) is 14.4 Å². The third-order valence-electron chi connectivity index (χ3n) is 6.02. The second-order valence-corrected chi connectivity index (χ2v) is 8.06. The number of nitrogens with one attached hydrogen (secondary N) is 1. The summed E-state index contributed by atoms with van der Waals surface area (Å²) in [6.45, 7) is 1.18. The molecule has 2 aliphatic rings. The smallest absolute Gasteiger partial charge is 0.256 e. The standard InChI is InChI=1S/C25H23N3O4/c29-23(26-15-19-8-5-13-32-19)18-7-3-6-17(14-18)16-28-21-10-2-1-9-20(21)24(30)27-12-4-11-22(27)25(28)31/h1-3,5-10,13-14,22H,4,11-12,15-16H2,(H,26,29)/t22-/m0/s1. The Morgan fingerprint density at radius 3 is 2.78 bits per heavy atom. The highest BCUT2D eigenvalue weighted by Gasteiger charge is 2.41. The van der Waals surface area contributed by atoms with Crippen molar-refractivity contribution in [3.8, 4) is 0 Å². The van der Waals surface area contributed by atoms with E-state index in [9.17, 15) is 14.4 Å². The molecule has 2 aromatic carbocycles. The Kier molecular flexibility index (Phi) is 5.23. The van der Waals surface area contributed by atoms with Crippen molar-refractivity contribution in [2.24, 2.45) is 0 Å². The minimum absolute atomic E-state index is 0.0755. The van der Waals surface area contributed by atoms with E-state index in [1.54, 1.807) is 52.5 Å². The van der Waals surface area contributed by atoms with Crippen LogP contribution >= 0.6 is 0 Å². The summed E-state index contributed by atoms with van der Waals surface area (Å²) in [5.41, 5.74) is 2.48. The Hall–Kier alpha value is -3.87. The summed E-state index contributed by atoms with van der Waals surface area (Å²) in [6.07, 6.45) is 3.06. The number of amides is 3. The summed E-state index contributed by atoms with van der Waals surface area (Å²) < 4.78 is 5.25. The van der Waals surface area contributed by atoms with Crippen molar-refractivity contribution in [2.75, 3.05) is 11.4 Å². The molecule has 7 heteroatoms. The maximum absolute atomic E-state index is 13.4. The second-order valence-electron chi connectivity index (χ2n) is 8.06. The quantitative estimate of drug-likeness (QED) is 0.674. The monoisotopic (exact) mass is 429 g/mol. The number of para-hydroxylation sites is 1. The molecule has 3 aromatic rings. The fraction of sp³-hybridized carbons (Fsp3) is 0.240. The summed E-state index contributed by atoms with van der Waals surface area (Å²) in [5.74, 6) is 0.286. The minimum Gasteiger partial charge on any atom is -0.467 e. The van der Waals surface area contributed by atoms with Crippen LogP contribution in [0.2, 0.25) is 0 Å². The minimum atomic E-state index is -0.435. The molecule has 5 rings (SSSR count). The van der Waals surface area contributed by atoms with Crippen LogP contribution in [0.15, 0.2) is 71.3 Å². The molecule has 0 unspecified atom stereocenters. The molecule has 0 radical (unpaired) electrons. The molecule has 1 aromatic heterocycles. The van der Waals surface area contributed by atoms with Crippen LogP contribution in [0, 0.1) is 0 Å². The first-order valence-electron chi connectivity index (χ1n) is 10.7. The summed E-state index contributed by atoms with van der Waals surface area (Å²) >= 11 is 0. The maximum atomic E-state index is 13.4. The molecule has 3 heterocycles. The molecule has 1 fully saturated rings. The van der Waals surface area contributed by atoms with Crippen LogP contribution in [-0.2, 0) is 17.9 Å². The summed E-state index contributed by atoms with van der Waals surface area (Å²) in [5, 5.41) is 2.84. The Morgan fingerprint density at radius 1 is 1.06 bits per heavy atom. The van der Waals surface area contributed by atoms with Gasteiger partial charge in [-0.1, -0.05) is 24.3 Å². The van der Waals surface area contributed by atoms with E-state index in [0.717, 1.165) is 12.0 Å². The lowest BCUT2D eigenvalue weighted by Crippen LogP contribution is -2.44. The van der Waals surface area contributed by atoms with E-state index in [0.29, 0.717) is 42.1 Å². The third-order valence-corrected chi connectivity index (χ3v) is 6.02. The number of anilines is 1. The Bertz CT molecular complexity index is 1170. The van der Waals surface area contributed by atoms with Crippen molar-refractivity contribution in [3.63, 3.8) is 0 Å². The van der Waals surface area contributed by atoms with Crippen molar-refractivity contribution >= 4 is 23.4 Å². The van der Waals surface area contributed by atoms with Crippen LogP contribution in [0.25, 0.3) is 0 Å². The number of nitrogens with zero attached hydrogens (tertiary/aromatic N) is 2. The predicted molar refractivity (Wildman–Crippen MR) is 118 cm³/mol. The molecule has 0 spiro atoms. The zero-order chi connectivity index (χ0) is 22.1. The number of carbonyl (C=O) groups excluding carboxylic acids is 3. The molecule has 0 bridgehead atoms. The fourth-order valence-electron chi connectivity index (χ4n) is 4.45. The SMILES string of the molecule is O=C(NCc1ccco1)c1cccc(CN2C(=O)[C@@H]3CCCN3C(=O)c3ccccc32)c1. The Balaban J connectivity index is 1.41. The highest BCUT2D eigenvalue weighted by Crippen LogP contribution is 2.33. The Morgan fingerprint density at radius 2 is 1.94 bits per heavy atom. The first-order chi connectivity index (χ1) is 15.6. The number of furan rings is 1. The van der Waals surface area contributed by atoms with Crippen molar-refractivity contribution in [2.45, 2.75) is 32.0 Å². The van der Waals surface area contributed by atoms with Crippen LogP contribution in [0.4, 0.5) is 5.69 Å². The van der Waals surface area contributed by atoms with Crippen LogP contribution < -0.4 is 10.2 Å². The lowest BCUT2D eigenvalue weighted by atomic mass is 10.1. The maximum Gasteiger partial charge on any atom is 0.256 e. The molecule has 1 N–H and O–H groups in total. The van der Waals surface area contributed by atoms with E-state index in [1.165, 1.54) is 0 Å². The largest absolute Gasteiger partial charge is 0.467 e. The molecule has 3 amide bonds. The number of rotatable bonds is 5. The lowest BCUT2D eigenvalue weighted by molar-refractivity contribution is -0.122. The zero-order valence-corrected chi connectivity index (χ0v) is 17.5. The normalized spacial score (nSPS) is 17.7. The molecule has 7 nitrogen and oxygen atoms in total. The van der Waals surface area contributed by atoms with E-state index < -0.39 is 6.04 Å². The molecule has 32 heavy (non-hydrogen) atoms. The molecular formula is C25H23N3O4. The molecular weight excluding hydrogens is 406 g/mol. The van der Waals surface area contributed by atoms with Crippen molar-refractivity contribution in [1.82, 2.24) is 10.2 Å². The Labute approximate surface area is 185 Å². The van der Waals surface area contributed by atoms with Gasteiger partial charge in [0.25, 0.3) is 11.8 Å². The van der Waals surface area contributed by atoms with Gasteiger partial charge in [-0.15, -0.1) is 0 Å². The number of carbonyl (C=O) groups is 3. The lowest BCUT2D eigenvalue weighted by Gasteiger charge is -2.26. The zero-order valence-electron chi connectivity index (χ0n) is 17.5. The van der Waals surface area contributed by atoms with Gasteiger partial charge in [0.05, 0.1) is 30.6 Å². The molecule has 0 aliphatic carbocycles. The topological polar surface area (TPSA) is 82.9 Å². The van der Waals surface area contributed by atoms with Gasteiger partial charge in [0.15, 0.2) is 0 Å². The average molecular weight is 429 g/mol. The van der Waals surface area contributed by atoms with E-state index in [4.69, 9.17) is 4.42 Å². The van der Waals surface area contributed by atoms with E-state index in [2.05, 4.69) is 5.32 Å². The summed E-state index contributed by atoms with van der Waals surface area (Å²) in [6, 6.07) is 17.6. The highest BCUT2D eigenvalue weighted by atomic mass is 16.3.